The lowest BCUT2D eigenvalue weighted by Gasteiger charge is -2.32. The number of hydrogen-bond acceptors (Lipinski definition) is 4. The number of thioether (sulfide) groups is 1. The van der Waals surface area contributed by atoms with Crippen LogP contribution >= 0.6 is 11.8 Å². The van der Waals surface area contributed by atoms with Gasteiger partial charge < -0.3 is 15.7 Å². The summed E-state index contributed by atoms with van der Waals surface area (Å²) in [7, 11) is 2.18. The molecule has 4 nitrogen and oxygen atoms in total. The number of carbonyl (C=O) groups is 1. The number of aliphatic carboxylic acids is 1. The van der Waals surface area contributed by atoms with Crippen molar-refractivity contribution in [2.75, 3.05) is 25.1 Å². The first kappa shape index (κ1) is 13.8. The number of piperidine rings is 1. The fourth-order valence-corrected chi connectivity index (χ4v) is 3.01. The molecule has 0 amide bonds. The summed E-state index contributed by atoms with van der Waals surface area (Å²) in [5.41, 5.74) is 5.43. The highest BCUT2D eigenvalue weighted by Crippen LogP contribution is 2.19. The molecule has 0 aromatic heterocycles. The van der Waals surface area contributed by atoms with Gasteiger partial charge in [0.25, 0.3) is 0 Å². The van der Waals surface area contributed by atoms with Crippen molar-refractivity contribution < 1.29 is 9.90 Å². The lowest BCUT2D eigenvalue weighted by Crippen LogP contribution is -2.36. The highest BCUT2D eigenvalue weighted by molar-refractivity contribution is 7.99. The molecule has 0 aliphatic carbocycles. The van der Waals surface area contributed by atoms with Gasteiger partial charge in [-0.1, -0.05) is 6.42 Å². The Balaban J connectivity index is 2.08. The van der Waals surface area contributed by atoms with Gasteiger partial charge in [-0.3, -0.25) is 4.79 Å². The van der Waals surface area contributed by atoms with Crippen LogP contribution in [0.1, 0.15) is 25.7 Å². The van der Waals surface area contributed by atoms with E-state index >= 15 is 0 Å². The largest absolute Gasteiger partial charge is 0.480 e. The fraction of sp³-hybridized carbons (Fsp3) is 0.909. The van der Waals surface area contributed by atoms with Crippen LogP contribution in [0.15, 0.2) is 0 Å². The van der Waals surface area contributed by atoms with E-state index in [0.717, 1.165) is 12.2 Å². The molecule has 2 atom stereocenters. The van der Waals surface area contributed by atoms with Crippen LogP contribution in [-0.2, 0) is 4.79 Å². The van der Waals surface area contributed by atoms with Crippen molar-refractivity contribution in [2.45, 2.75) is 37.8 Å². The average molecular weight is 246 g/mol. The molecule has 1 fully saturated rings. The molecule has 5 heteroatoms. The zero-order valence-electron chi connectivity index (χ0n) is 9.89. The molecular formula is C11H22N2O2S. The molecule has 0 radical (unpaired) electrons. The standard InChI is InChI=1S/C11H22N2O2S/c1-13-6-3-2-4-9(13)5-7-16-8-10(12)11(14)15/h9-10H,2-8,12H2,1H3,(H,14,15)/t9?,10-/m0/s1. The molecule has 1 unspecified atom stereocenters. The van der Waals surface area contributed by atoms with Gasteiger partial charge in [0.15, 0.2) is 0 Å². The van der Waals surface area contributed by atoms with Crippen molar-refractivity contribution in [3.05, 3.63) is 0 Å². The van der Waals surface area contributed by atoms with E-state index in [1.165, 1.54) is 25.8 Å². The lowest BCUT2D eigenvalue weighted by molar-refractivity contribution is -0.137. The molecule has 0 spiro atoms. The molecule has 0 saturated carbocycles. The Morgan fingerprint density at radius 2 is 2.38 bits per heavy atom. The van der Waals surface area contributed by atoms with Gasteiger partial charge >= 0.3 is 5.97 Å². The van der Waals surface area contributed by atoms with Gasteiger partial charge in [-0.15, -0.1) is 0 Å². The molecule has 1 aliphatic heterocycles. The Morgan fingerprint density at radius 1 is 1.62 bits per heavy atom. The molecule has 1 saturated heterocycles. The summed E-state index contributed by atoms with van der Waals surface area (Å²) in [4.78, 5) is 12.9. The lowest BCUT2D eigenvalue weighted by atomic mass is 10.0. The number of carboxylic acids is 1. The van der Waals surface area contributed by atoms with E-state index in [1.54, 1.807) is 11.8 Å². The summed E-state index contributed by atoms with van der Waals surface area (Å²) >= 11 is 1.65. The third kappa shape index (κ3) is 4.72. The number of nitrogens with two attached hydrogens (primary N) is 1. The maximum absolute atomic E-state index is 10.5. The molecule has 1 aliphatic rings. The Morgan fingerprint density at radius 3 is 3.00 bits per heavy atom. The maximum Gasteiger partial charge on any atom is 0.321 e. The third-order valence-electron chi connectivity index (χ3n) is 3.13. The zero-order valence-corrected chi connectivity index (χ0v) is 10.7. The maximum atomic E-state index is 10.5. The molecule has 94 valence electrons. The predicted molar refractivity (Wildman–Crippen MR) is 67.8 cm³/mol. The second-order valence-corrected chi connectivity index (χ2v) is 5.59. The first-order chi connectivity index (χ1) is 7.61. The average Bonchev–Trinajstić information content (AvgIpc) is 2.26. The van der Waals surface area contributed by atoms with Crippen LogP contribution < -0.4 is 5.73 Å². The third-order valence-corrected chi connectivity index (χ3v) is 4.25. The number of rotatable bonds is 6. The van der Waals surface area contributed by atoms with E-state index in [-0.39, 0.29) is 0 Å². The quantitative estimate of drug-likeness (QED) is 0.685. The Labute approximate surface area is 102 Å². The van der Waals surface area contributed by atoms with Crippen molar-refractivity contribution >= 4 is 17.7 Å². The summed E-state index contributed by atoms with van der Waals surface area (Å²) in [6, 6.07) is -0.0311. The molecule has 0 aromatic rings. The molecule has 3 N–H and O–H groups in total. The Kier molecular flexibility index (Phi) is 6.16. The minimum absolute atomic E-state index is 0.520. The SMILES string of the molecule is CN1CCCCC1CCSC[C@H](N)C(=O)O. The second-order valence-electron chi connectivity index (χ2n) is 4.44. The summed E-state index contributed by atoms with van der Waals surface area (Å²) in [6.07, 6.45) is 5.06. The Bertz CT molecular complexity index is 226. The van der Waals surface area contributed by atoms with Crippen LogP contribution in [0.25, 0.3) is 0 Å². The van der Waals surface area contributed by atoms with E-state index in [2.05, 4.69) is 11.9 Å². The van der Waals surface area contributed by atoms with Crippen LogP contribution in [0.3, 0.4) is 0 Å². The van der Waals surface area contributed by atoms with Gasteiger partial charge in [0, 0.05) is 11.8 Å². The van der Waals surface area contributed by atoms with E-state index in [1.807, 2.05) is 0 Å². The van der Waals surface area contributed by atoms with E-state index in [4.69, 9.17) is 10.8 Å². The summed E-state index contributed by atoms with van der Waals surface area (Å²) in [6.45, 7) is 1.20. The van der Waals surface area contributed by atoms with E-state index in [9.17, 15) is 4.79 Å². The first-order valence-electron chi connectivity index (χ1n) is 5.87. The number of carboxylic acid groups (broad SMARTS) is 1. The zero-order chi connectivity index (χ0) is 12.0. The van der Waals surface area contributed by atoms with Crippen LogP contribution in [0.5, 0.6) is 0 Å². The van der Waals surface area contributed by atoms with Crippen molar-refractivity contribution in [1.29, 1.82) is 0 Å². The van der Waals surface area contributed by atoms with Crippen LogP contribution in [0.4, 0.5) is 0 Å². The fourth-order valence-electron chi connectivity index (χ4n) is 2.01. The van der Waals surface area contributed by atoms with Crippen LogP contribution in [0, 0.1) is 0 Å². The smallest absolute Gasteiger partial charge is 0.321 e. The molecule has 16 heavy (non-hydrogen) atoms. The van der Waals surface area contributed by atoms with Crippen LogP contribution in [0.2, 0.25) is 0 Å². The monoisotopic (exact) mass is 246 g/mol. The van der Waals surface area contributed by atoms with Crippen molar-refractivity contribution in [3.63, 3.8) is 0 Å². The predicted octanol–water partition coefficient (Wildman–Crippen LogP) is 1.01. The summed E-state index contributed by atoms with van der Waals surface area (Å²) in [5.74, 6) is 0.629. The van der Waals surface area contributed by atoms with Gasteiger partial charge in [-0.25, -0.2) is 0 Å². The van der Waals surface area contributed by atoms with Crippen LogP contribution in [-0.4, -0.2) is 53.2 Å². The second kappa shape index (κ2) is 7.14. The number of nitrogens with zero attached hydrogens (tertiary/aromatic N) is 1. The first-order valence-corrected chi connectivity index (χ1v) is 7.03. The summed E-state index contributed by atoms with van der Waals surface area (Å²) in [5, 5.41) is 8.63. The highest BCUT2D eigenvalue weighted by Gasteiger charge is 2.18. The minimum atomic E-state index is -0.901. The Hall–Kier alpha value is -0.260. The van der Waals surface area contributed by atoms with Gasteiger partial charge in [0.1, 0.15) is 6.04 Å². The molecule has 1 rings (SSSR count). The normalized spacial score (nSPS) is 24.2. The molecule has 0 bridgehead atoms. The minimum Gasteiger partial charge on any atom is -0.480 e. The van der Waals surface area contributed by atoms with Gasteiger partial charge in [-0.2, -0.15) is 11.8 Å². The molecule has 1 heterocycles. The van der Waals surface area contributed by atoms with Gasteiger partial charge in [0.05, 0.1) is 0 Å². The highest BCUT2D eigenvalue weighted by atomic mass is 32.2. The van der Waals surface area contributed by atoms with E-state index < -0.39 is 12.0 Å². The van der Waals surface area contributed by atoms with Gasteiger partial charge in [0.2, 0.25) is 0 Å². The van der Waals surface area contributed by atoms with E-state index in [0.29, 0.717) is 11.8 Å². The topological polar surface area (TPSA) is 66.6 Å². The van der Waals surface area contributed by atoms with Crippen molar-refractivity contribution in [3.8, 4) is 0 Å². The molecular weight excluding hydrogens is 224 g/mol. The molecule has 0 aromatic carbocycles. The van der Waals surface area contributed by atoms with Crippen molar-refractivity contribution in [2.24, 2.45) is 5.73 Å². The van der Waals surface area contributed by atoms with Crippen molar-refractivity contribution in [1.82, 2.24) is 4.90 Å². The number of likely N-dealkylation sites (tertiary alicyclic amines) is 1. The summed E-state index contributed by atoms with van der Waals surface area (Å²) < 4.78 is 0. The van der Waals surface area contributed by atoms with Gasteiger partial charge in [-0.05, 0) is 38.6 Å². The number of hydrogen-bond donors (Lipinski definition) is 2.